The maximum atomic E-state index is 13.8. The standard InChI is InChI=1S/C19H21FN4O3S/c20-16-6-2-1-5-15(16)18(26)24-9-7-23(8-10-24)13-17(25)22-19(27)21-12-14-4-3-11-28-14/h1-6,11H,7-10,12-13H2,(H2,21,22,25,27). The molecule has 1 aliphatic rings. The molecule has 1 aliphatic heterocycles. The number of amides is 4. The Bertz CT molecular complexity index is 835. The lowest BCUT2D eigenvalue weighted by molar-refractivity contribution is -0.121. The van der Waals surface area contributed by atoms with E-state index in [0.29, 0.717) is 32.7 Å². The molecule has 0 atom stereocenters. The number of imide groups is 1. The van der Waals surface area contributed by atoms with Crippen LogP contribution in [0, 0.1) is 5.82 Å². The van der Waals surface area contributed by atoms with Gasteiger partial charge in [0.25, 0.3) is 5.91 Å². The third-order valence-corrected chi connectivity index (χ3v) is 5.26. The molecule has 1 aromatic heterocycles. The fourth-order valence-electron chi connectivity index (χ4n) is 2.91. The fraction of sp³-hybridized carbons (Fsp3) is 0.316. The van der Waals surface area contributed by atoms with Crippen molar-refractivity contribution in [3.63, 3.8) is 0 Å². The summed E-state index contributed by atoms with van der Waals surface area (Å²) in [5.74, 6) is -1.30. The Kier molecular flexibility index (Phi) is 6.72. The van der Waals surface area contributed by atoms with Gasteiger partial charge in [-0.15, -0.1) is 11.3 Å². The molecule has 0 aliphatic carbocycles. The first-order valence-corrected chi connectivity index (χ1v) is 9.77. The molecule has 1 saturated heterocycles. The van der Waals surface area contributed by atoms with E-state index < -0.39 is 17.8 Å². The minimum Gasteiger partial charge on any atom is -0.336 e. The molecule has 2 N–H and O–H groups in total. The number of carbonyl (C=O) groups is 3. The summed E-state index contributed by atoms with van der Waals surface area (Å²) >= 11 is 1.52. The summed E-state index contributed by atoms with van der Waals surface area (Å²) in [6, 6.07) is 9.14. The monoisotopic (exact) mass is 404 g/mol. The normalized spacial score (nSPS) is 14.5. The zero-order chi connectivity index (χ0) is 19.9. The van der Waals surface area contributed by atoms with E-state index in [0.717, 1.165) is 4.88 Å². The second-order valence-corrected chi connectivity index (χ2v) is 7.39. The van der Waals surface area contributed by atoms with Gasteiger partial charge in [-0.3, -0.25) is 19.8 Å². The van der Waals surface area contributed by atoms with Gasteiger partial charge in [0.05, 0.1) is 18.7 Å². The molecular weight excluding hydrogens is 383 g/mol. The highest BCUT2D eigenvalue weighted by Gasteiger charge is 2.25. The fourth-order valence-corrected chi connectivity index (χ4v) is 3.55. The number of nitrogens with zero attached hydrogens (tertiary/aromatic N) is 2. The molecule has 0 unspecified atom stereocenters. The summed E-state index contributed by atoms with van der Waals surface area (Å²) < 4.78 is 13.8. The molecule has 1 aromatic carbocycles. The van der Waals surface area contributed by atoms with Crippen molar-refractivity contribution in [2.75, 3.05) is 32.7 Å². The number of halogens is 1. The summed E-state index contributed by atoms with van der Waals surface area (Å²) in [7, 11) is 0. The van der Waals surface area contributed by atoms with E-state index in [4.69, 9.17) is 0 Å². The third kappa shape index (κ3) is 5.37. The number of hydrogen-bond donors (Lipinski definition) is 2. The second-order valence-electron chi connectivity index (χ2n) is 6.36. The van der Waals surface area contributed by atoms with Gasteiger partial charge in [-0.05, 0) is 23.6 Å². The highest BCUT2D eigenvalue weighted by atomic mass is 32.1. The Morgan fingerprint density at radius 2 is 1.79 bits per heavy atom. The molecule has 2 aromatic rings. The molecule has 4 amide bonds. The second kappa shape index (κ2) is 9.43. The summed E-state index contributed by atoms with van der Waals surface area (Å²) in [5.41, 5.74) is 0.0519. The number of rotatable bonds is 5. The van der Waals surface area contributed by atoms with E-state index >= 15 is 0 Å². The molecular formula is C19H21FN4O3S. The lowest BCUT2D eigenvalue weighted by Gasteiger charge is -2.34. The number of nitrogens with one attached hydrogen (secondary N) is 2. The molecule has 3 rings (SSSR count). The lowest BCUT2D eigenvalue weighted by Crippen LogP contribution is -2.52. The SMILES string of the molecule is O=C(CN1CCN(C(=O)c2ccccc2F)CC1)NC(=O)NCc1cccs1. The van der Waals surface area contributed by atoms with E-state index in [1.807, 2.05) is 22.4 Å². The van der Waals surface area contributed by atoms with Gasteiger partial charge in [-0.1, -0.05) is 18.2 Å². The molecule has 1 fully saturated rings. The molecule has 0 radical (unpaired) electrons. The minimum atomic E-state index is -0.539. The Hall–Kier alpha value is -2.78. The lowest BCUT2D eigenvalue weighted by atomic mass is 10.1. The number of urea groups is 1. The molecule has 2 heterocycles. The number of benzene rings is 1. The van der Waals surface area contributed by atoms with Crippen LogP contribution in [0.5, 0.6) is 0 Å². The van der Waals surface area contributed by atoms with Crippen LogP contribution < -0.4 is 10.6 Å². The number of hydrogen-bond acceptors (Lipinski definition) is 5. The van der Waals surface area contributed by atoms with Crippen molar-refractivity contribution < 1.29 is 18.8 Å². The van der Waals surface area contributed by atoms with Gasteiger partial charge in [0.2, 0.25) is 5.91 Å². The molecule has 148 valence electrons. The van der Waals surface area contributed by atoms with Crippen molar-refractivity contribution in [1.29, 1.82) is 0 Å². The highest BCUT2D eigenvalue weighted by Crippen LogP contribution is 2.12. The van der Waals surface area contributed by atoms with Gasteiger partial charge in [-0.2, -0.15) is 0 Å². The first kappa shape index (κ1) is 20.0. The third-order valence-electron chi connectivity index (χ3n) is 4.39. The molecule has 0 bridgehead atoms. The van der Waals surface area contributed by atoms with Crippen LogP contribution in [-0.4, -0.2) is 60.4 Å². The van der Waals surface area contributed by atoms with Crippen molar-refractivity contribution in [3.05, 3.63) is 58.0 Å². The van der Waals surface area contributed by atoms with E-state index in [1.165, 1.54) is 23.5 Å². The average Bonchev–Trinajstić information content (AvgIpc) is 3.20. The van der Waals surface area contributed by atoms with Gasteiger partial charge in [0.1, 0.15) is 5.82 Å². The molecule has 28 heavy (non-hydrogen) atoms. The average molecular weight is 404 g/mol. The summed E-state index contributed by atoms with van der Waals surface area (Å²) in [4.78, 5) is 40.6. The predicted molar refractivity (Wildman–Crippen MR) is 103 cm³/mol. The van der Waals surface area contributed by atoms with E-state index in [9.17, 15) is 18.8 Å². The zero-order valence-corrected chi connectivity index (χ0v) is 16.0. The maximum absolute atomic E-state index is 13.8. The van der Waals surface area contributed by atoms with Crippen LogP contribution in [0.4, 0.5) is 9.18 Å². The van der Waals surface area contributed by atoms with Gasteiger partial charge in [0, 0.05) is 31.1 Å². The van der Waals surface area contributed by atoms with E-state index in [1.54, 1.807) is 17.0 Å². The first-order valence-electron chi connectivity index (χ1n) is 8.89. The van der Waals surface area contributed by atoms with E-state index in [-0.39, 0.29) is 18.0 Å². The Morgan fingerprint density at radius 3 is 2.46 bits per heavy atom. The summed E-state index contributed by atoms with van der Waals surface area (Å²) in [5, 5.41) is 6.85. The zero-order valence-electron chi connectivity index (χ0n) is 15.2. The van der Waals surface area contributed by atoms with Crippen molar-refractivity contribution >= 4 is 29.2 Å². The Morgan fingerprint density at radius 1 is 1.04 bits per heavy atom. The van der Waals surface area contributed by atoms with Crippen LogP contribution in [0.2, 0.25) is 0 Å². The highest BCUT2D eigenvalue weighted by molar-refractivity contribution is 7.09. The van der Waals surface area contributed by atoms with Crippen LogP contribution in [0.3, 0.4) is 0 Å². The van der Waals surface area contributed by atoms with Crippen molar-refractivity contribution in [1.82, 2.24) is 20.4 Å². The predicted octanol–water partition coefficient (Wildman–Crippen LogP) is 1.67. The van der Waals surface area contributed by atoms with Gasteiger partial charge >= 0.3 is 6.03 Å². The number of carbonyl (C=O) groups excluding carboxylic acids is 3. The maximum Gasteiger partial charge on any atom is 0.321 e. The quantitative estimate of drug-likeness (QED) is 0.794. The van der Waals surface area contributed by atoms with Crippen LogP contribution in [0.25, 0.3) is 0 Å². The van der Waals surface area contributed by atoms with Gasteiger partial charge in [0.15, 0.2) is 0 Å². The first-order chi connectivity index (χ1) is 13.5. The molecule has 9 heteroatoms. The Balaban J connectivity index is 1.40. The summed E-state index contributed by atoms with van der Waals surface area (Å²) in [6.07, 6.45) is 0. The van der Waals surface area contributed by atoms with Crippen LogP contribution >= 0.6 is 11.3 Å². The molecule has 7 nitrogen and oxygen atoms in total. The topological polar surface area (TPSA) is 81.8 Å². The van der Waals surface area contributed by atoms with Crippen LogP contribution in [-0.2, 0) is 11.3 Å². The molecule has 0 spiro atoms. The van der Waals surface area contributed by atoms with Crippen molar-refractivity contribution in [3.8, 4) is 0 Å². The van der Waals surface area contributed by atoms with Crippen molar-refractivity contribution in [2.45, 2.75) is 6.54 Å². The Labute approximate surface area is 166 Å². The minimum absolute atomic E-state index is 0.0519. The van der Waals surface area contributed by atoms with Gasteiger partial charge in [-0.25, -0.2) is 9.18 Å². The number of piperazine rings is 1. The number of thiophene rings is 1. The van der Waals surface area contributed by atoms with E-state index in [2.05, 4.69) is 10.6 Å². The smallest absolute Gasteiger partial charge is 0.321 e. The van der Waals surface area contributed by atoms with Crippen LogP contribution in [0.15, 0.2) is 41.8 Å². The largest absolute Gasteiger partial charge is 0.336 e. The van der Waals surface area contributed by atoms with Crippen LogP contribution in [0.1, 0.15) is 15.2 Å². The summed E-state index contributed by atoms with van der Waals surface area (Å²) in [6.45, 7) is 2.17. The van der Waals surface area contributed by atoms with Gasteiger partial charge < -0.3 is 10.2 Å². The van der Waals surface area contributed by atoms with Crippen molar-refractivity contribution in [2.24, 2.45) is 0 Å². The molecule has 0 saturated carbocycles.